The van der Waals surface area contributed by atoms with E-state index < -0.39 is 115 Å². The van der Waals surface area contributed by atoms with Crippen molar-refractivity contribution in [2.45, 2.75) is 93.8 Å². The number of nitrogens with zero attached hydrogens (tertiary/aromatic N) is 2. The molecule has 24 nitrogen and oxygen atoms in total. The number of hydrogen-bond donors (Lipinski definition) is 14. The number of carbonyl (C=O) groups is 8. The molecule has 1 aromatic heterocycles. The molecule has 0 spiro atoms. The van der Waals surface area contributed by atoms with Crippen molar-refractivity contribution in [3.8, 4) is 0 Å². The number of H-pyrrole nitrogens is 1. The standard InChI is InChI=1S/C36H54N12O12/c1-17(51)28(47-31(55)24(15-49)45-29(53)20(37)7-4-10-41-36(39)40)33(57)46-25(16-50)34(58)48-11-5-9-26(48)32(56)43-22(30(54)44-23(35(59)60)13-27(38)52)12-18-14-42-21-8-3-2-6-19(18)21/h2-3,6,8,14,17,20,22-26,28,42,49-51H,4-5,7,9-13,15-16,37H2,1H3,(H2,38,52)(H,43,56)(H,44,54)(H,45,53)(H,46,57)(H,47,55)(H,59,60)(H4,39,40,41)/t17-,20+,22+,23+,24+,25+,26+,28+/m1/s1. The van der Waals surface area contributed by atoms with Gasteiger partial charge in [-0.1, -0.05) is 18.2 Å². The van der Waals surface area contributed by atoms with Crippen molar-refractivity contribution in [3.05, 3.63) is 36.0 Å². The van der Waals surface area contributed by atoms with Crippen LogP contribution in [0.25, 0.3) is 10.9 Å². The Balaban J connectivity index is 1.73. The quantitative estimate of drug-likeness (QED) is 0.0281. The minimum Gasteiger partial charge on any atom is -0.480 e. The Bertz CT molecular complexity index is 1900. The van der Waals surface area contributed by atoms with Crippen LogP contribution in [0.5, 0.6) is 0 Å². The second kappa shape index (κ2) is 22.7. The summed E-state index contributed by atoms with van der Waals surface area (Å²) in [5, 5.41) is 52.2. The fourth-order valence-corrected chi connectivity index (χ4v) is 6.40. The SMILES string of the molecule is C[C@@H](O)[C@H](NC(=O)[C@H](CO)NC(=O)[C@@H](N)CCCN=C(N)N)C(=O)N[C@@H](CO)C(=O)N1CCC[C@H]1C(=O)N[C@@H](Cc1c[nH]c2ccccc12)C(=O)N[C@@H](CC(N)=O)C(=O)O. The number of guanidine groups is 1. The molecule has 330 valence electrons. The van der Waals surface area contributed by atoms with Gasteiger partial charge in [0.15, 0.2) is 5.96 Å². The average molecular weight is 847 g/mol. The number of carboxylic acid groups (broad SMARTS) is 1. The van der Waals surface area contributed by atoms with Crippen LogP contribution in [0.3, 0.4) is 0 Å². The first-order valence-electron chi connectivity index (χ1n) is 19.0. The summed E-state index contributed by atoms with van der Waals surface area (Å²) >= 11 is 0. The van der Waals surface area contributed by atoms with Gasteiger partial charge in [0.25, 0.3) is 0 Å². The molecule has 0 saturated carbocycles. The Morgan fingerprint density at radius 3 is 2.12 bits per heavy atom. The molecule has 24 heteroatoms. The first-order chi connectivity index (χ1) is 28.4. The highest BCUT2D eigenvalue weighted by Crippen LogP contribution is 2.22. The van der Waals surface area contributed by atoms with E-state index >= 15 is 0 Å². The average Bonchev–Trinajstić information content (AvgIpc) is 3.86. The van der Waals surface area contributed by atoms with Gasteiger partial charge in [0.2, 0.25) is 41.4 Å². The molecule has 0 radical (unpaired) electrons. The molecule has 1 fully saturated rings. The number of primary amides is 1. The van der Waals surface area contributed by atoms with E-state index in [2.05, 4.69) is 36.6 Å². The van der Waals surface area contributed by atoms with Crippen LogP contribution in [-0.4, -0.2) is 158 Å². The van der Waals surface area contributed by atoms with E-state index in [1.807, 2.05) is 0 Å². The number of nitrogens with two attached hydrogens (primary N) is 4. The topological polar surface area (TPSA) is 413 Å². The molecule has 1 aliphatic rings. The summed E-state index contributed by atoms with van der Waals surface area (Å²) < 4.78 is 0. The highest BCUT2D eigenvalue weighted by Gasteiger charge is 2.40. The molecule has 1 saturated heterocycles. The van der Waals surface area contributed by atoms with Crippen molar-refractivity contribution in [2.24, 2.45) is 27.9 Å². The number of nitrogens with one attached hydrogen (secondary N) is 6. The molecule has 8 atom stereocenters. The van der Waals surface area contributed by atoms with Crippen LogP contribution in [-0.2, 0) is 44.8 Å². The zero-order valence-corrected chi connectivity index (χ0v) is 32.8. The lowest BCUT2D eigenvalue weighted by Gasteiger charge is -2.30. The van der Waals surface area contributed by atoms with Gasteiger partial charge in [0.05, 0.1) is 31.8 Å². The Morgan fingerprint density at radius 2 is 1.50 bits per heavy atom. The lowest BCUT2D eigenvalue weighted by Crippen LogP contribution is -2.62. The summed E-state index contributed by atoms with van der Waals surface area (Å²) in [6.07, 6.45) is -0.0754. The van der Waals surface area contributed by atoms with Crippen LogP contribution in [0.1, 0.15) is 44.6 Å². The number of carboxylic acids is 1. The fourth-order valence-electron chi connectivity index (χ4n) is 6.40. The van der Waals surface area contributed by atoms with Crippen LogP contribution in [0, 0.1) is 0 Å². The molecule has 60 heavy (non-hydrogen) atoms. The third-order valence-corrected chi connectivity index (χ3v) is 9.57. The Labute approximate surface area is 343 Å². The molecule has 0 bridgehead atoms. The summed E-state index contributed by atoms with van der Waals surface area (Å²) in [6.45, 7) is -0.623. The van der Waals surface area contributed by atoms with Crippen molar-refractivity contribution in [1.82, 2.24) is 36.5 Å². The third kappa shape index (κ3) is 13.6. The maximum absolute atomic E-state index is 13.8. The number of aliphatic hydroxyl groups excluding tert-OH is 3. The minimum absolute atomic E-state index is 0.0207. The molecule has 2 aromatic rings. The maximum Gasteiger partial charge on any atom is 0.326 e. The Kier molecular flexibility index (Phi) is 18.2. The van der Waals surface area contributed by atoms with E-state index in [9.17, 15) is 58.8 Å². The Hall–Kier alpha value is -6.37. The second-order valence-corrected chi connectivity index (χ2v) is 14.2. The van der Waals surface area contributed by atoms with Crippen LogP contribution in [0.15, 0.2) is 35.5 Å². The number of aliphatic carboxylic acids is 1. The smallest absolute Gasteiger partial charge is 0.326 e. The largest absolute Gasteiger partial charge is 0.480 e. The van der Waals surface area contributed by atoms with Crippen molar-refractivity contribution in [3.63, 3.8) is 0 Å². The van der Waals surface area contributed by atoms with Crippen LogP contribution < -0.4 is 49.5 Å². The van der Waals surface area contributed by atoms with Crippen LogP contribution in [0.4, 0.5) is 0 Å². The zero-order valence-electron chi connectivity index (χ0n) is 32.8. The first-order valence-corrected chi connectivity index (χ1v) is 19.0. The molecular formula is C36H54N12O12. The number of para-hydroxylation sites is 1. The molecule has 1 aliphatic heterocycles. The molecule has 3 rings (SSSR count). The molecule has 7 amide bonds. The molecule has 2 heterocycles. The van der Waals surface area contributed by atoms with E-state index in [-0.39, 0.29) is 44.7 Å². The maximum atomic E-state index is 13.8. The normalized spacial score (nSPS) is 17.1. The number of hydrogen-bond acceptors (Lipinski definition) is 13. The molecule has 18 N–H and O–H groups in total. The van der Waals surface area contributed by atoms with Crippen molar-refractivity contribution < 1.29 is 58.8 Å². The fraction of sp³-hybridized carbons (Fsp3) is 0.528. The number of aliphatic imine (C=N–C) groups is 1. The number of amides is 7. The lowest BCUT2D eigenvalue weighted by atomic mass is 10.0. The van der Waals surface area contributed by atoms with E-state index in [0.29, 0.717) is 22.9 Å². The minimum atomic E-state index is -1.77. The van der Waals surface area contributed by atoms with Crippen LogP contribution >= 0.6 is 0 Å². The summed E-state index contributed by atoms with van der Waals surface area (Å²) in [7, 11) is 0. The van der Waals surface area contributed by atoms with Gasteiger partial charge >= 0.3 is 5.97 Å². The zero-order chi connectivity index (χ0) is 44.7. The lowest BCUT2D eigenvalue weighted by molar-refractivity contribution is -0.145. The number of aromatic nitrogens is 1. The highest BCUT2D eigenvalue weighted by molar-refractivity contribution is 5.98. The van der Waals surface area contributed by atoms with Gasteiger partial charge in [-0.2, -0.15) is 0 Å². The van der Waals surface area contributed by atoms with Gasteiger partial charge < -0.3 is 79.8 Å². The van der Waals surface area contributed by atoms with E-state index in [1.165, 1.54) is 0 Å². The number of rotatable bonds is 23. The van der Waals surface area contributed by atoms with Gasteiger partial charge in [-0.3, -0.25) is 38.6 Å². The van der Waals surface area contributed by atoms with Crippen LogP contribution in [0.2, 0.25) is 0 Å². The third-order valence-electron chi connectivity index (χ3n) is 9.57. The van der Waals surface area contributed by atoms with Gasteiger partial charge in [-0.15, -0.1) is 0 Å². The van der Waals surface area contributed by atoms with Crippen molar-refractivity contribution in [2.75, 3.05) is 26.3 Å². The number of likely N-dealkylation sites (tertiary alicyclic amines) is 1. The predicted molar refractivity (Wildman–Crippen MR) is 212 cm³/mol. The van der Waals surface area contributed by atoms with E-state index in [1.54, 1.807) is 30.5 Å². The first kappa shape index (κ1) is 48.0. The summed E-state index contributed by atoms with van der Waals surface area (Å²) in [4.78, 5) is 111. The van der Waals surface area contributed by atoms with Crippen molar-refractivity contribution in [1.29, 1.82) is 0 Å². The second-order valence-electron chi connectivity index (χ2n) is 14.2. The van der Waals surface area contributed by atoms with E-state index in [4.69, 9.17) is 22.9 Å². The molecular weight excluding hydrogens is 792 g/mol. The summed E-state index contributed by atoms with van der Waals surface area (Å²) in [5.41, 5.74) is 22.8. The molecule has 0 unspecified atom stereocenters. The van der Waals surface area contributed by atoms with E-state index in [0.717, 1.165) is 11.8 Å². The predicted octanol–water partition coefficient (Wildman–Crippen LogP) is -6.17. The number of aromatic amines is 1. The van der Waals surface area contributed by atoms with Gasteiger partial charge in [0, 0.05) is 36.6 Å². The summed E-state index contributed by atoms with van der Waals surface area (Å²) in [5.74, 6) is -8.48. The number of benzene rings is 1. The number of carbonyl (C=O) groups excluding carboxylic acids is 7. The molecule has 0 aliphatic carbocycles. The van der Waals surface area contributed by atoms with Gasteiger partial charge in [0.1, 0.15) is 36.3 Å². The Morgan fingerprint density at radius 1 is 0.867 bits per heavy atom. The highest BCUT2D eigenvalue weighted by atomic mass is 16.4. The van der Waals surface area contributed by atoms with Gasteiger partial charge in [-0.05, 0) is 44.2 Å². The number of fused-ring (bicyclic) bond motifs is 1. The molecule has 1 aromatic carbocycles. The van der Waals surface area contributed by atoms with Gasteiger partial charge in [-0.25, -0.2) is 4.79 Å². The van der Waals surface area contributed by atoms with Crippen molar-refractivity contribution >= 4 is 64.2 Å². The summed E-state index contributed by atoms with van der Waals surface area (Å²) in [6, 6.07) is -3.51. The monoisotopic (exact) mass is 846 g/mol. The number of aliphatic hydroxyl groups is 3.